The van der Waals surface area contributed by atoms with Crippen LogP contribution in [0, 0.1) is 5.82 Å². The molecule has 0 saturated heterocycles. The zero-order chi connectivity index (χ0) is 22.0. The lowest BCUT2D eigenvalue weighted by atomic mass is 10.1. The molecule has 4 rings (SSSR count). The summed E-state index contributed by atoms with van der Waals surface area (Å²) in [6.45, 7) is 1.31. The molecule has 0 radical (unpaired) electrons. The quantitative estimate of drug-likeness (QED) is 0.502. The van der Waals surface area contributed by atoms with Crippen LogP contribution in [0.15, 0.2) is 67.1 Å². The minimum Gasteiger partial charge on any atom is -0.326 e. The van der Waals surface area contributed by atoms with Crippen LogP contribution in [0.5, 0.6) is 0 Å². The zero-order valence-electron chi connectivity index (χ0n) is 16.4. The van der Waals surface area contributed by atoms with Gasteiger partial charge in [0.05, 0.1) is 18.3 Å². The first kappa shape index (κ1) is 20.5. The summed E-state index contributed by atoms with van der Waals surface area (Å²) in [6, 6.07) is 13.1. The van der Waals surface area contributed by atoms with E-state index in [9.17, 15) is 9.59 Å². The lowest BCUT2D eigenvalue weighted by molar-refractivity contribution is -0.116. The molecule has 0 fully saturated rings. The molecular formula is C22H17ClFN5O2. The average molecular weight is 438 g/mol. The summed E-state index contributed by atoms with van der Waals surface area (Å²) in [7, 11) is 0. The highest BCUT2D eigenvalue weighted by Gasteiger charge is 2.22. The fourth-order valence-corrected chi connectivity index (χ4v) is 3.42. The number of aromatic nitrogens is 3. The van der Waals surface area contributed by atoms with E-state index in [1.165, 1.54) is 42.0 Å². The van der Waals surface area contributed by atoms with Crippen molar-refractivity contribution >= 4 is 46.1 Å². The van der Waals surface area contributed by atoms with Crippen LogP contribution in [0.1, 0.15) is 12.5 Å². The molecule has 0 spiro atoms. The molecule has 3 heterocycles. The predicted octanol–water partition coefficient (Wildman–Crippen LogP) is 4.39. The van der Waals surface area contributed by atoms with Crippen LogP contribution in [-0.4, -0.2) is 26.4 Å². The third-order valence-corrected chi connectivity index (χ3v) is 4.99. The molecule has 0 atom stereocenters. The van der Waals surface area contributed by atoms with Crippen molar-refractivity contribution < 1.29 is 14.0 Å². The van der Waals surface area contributed by atoms with E-state index in [2.05, 4.69) is 15.4 Å². The van der Waals surface area contributed by atoms with E-state index in [1.807, 2.05) is 0 Å². The number of hydrogen-bond acceptors (Lipinski definition) is 4. The first-order valence-corrected chi connectivity index (χ1v) is 9.73. The highest BCUT2D eigenvalue weighted by molar-refractivity contribution is 6.31. The summed E-state index contributed by atoms with van der Waals surface area (Å²) in [4.78, 5) is 30.2. The maximum Gasteiger partial charge on any atom is 0.229 e. The summed E-state index contributed by atoms with van der Waals surface area (Å²) >= 11 is 6.11. The van der Waals surface area contributed by atoms with Gasteiger partial charge < -0.3 is 5.32 Å². The Balaban J connectivity index is 1.62. The normalized spacial score (nSPS) is 10.8. The number of rotatable bonds is 5. The van der Waals surface area contributed by atoms with Crippen LogP contribution in [0.3, 0.4) is 0 Å². The molecule has 0 saturated carbocycles. The van der Waals surface area contributed by atoms with Crippen molar-refractivity contribution in [2.24, 2.45) is 0 Å². The van der Waals surface area contributed by atoms with Crippen LogP contribution < -0.4 is 10.2 Å². The van der Waals surface area contributed by atoms with Crippen LogP contribution in [0.2, 0.25) is 5.02 Å². The number of pyridine rings is 2. The van der Waals surface area contributed by atoms with Crippen molar-refractivity contribution in [2.75, 3.05) is 10.2 Å². The Hall–Kier alpha value is -3.78. The van der Waals surface area contributed by atoms with E-state index in [0.29, 0.717) is 16.3 Å². The number of hydrogen-bond donors (Lipinski definition) is 1. The van der Waals surface area contributed by atoms with Gasteiger partial charge in [-0.05, 0) is 29.8 Å². The second-order valence-electron chi connectivity index (χ2n) is 6.75. The number of carbonyl (C=O) groups is 2. The van der Waals surface area contributed by atoms with Gasteiger partial charge in [0.15, 0.2) is 5.82 Å². The lowest BCUT2D eigenvalue weighted by Gasteiger charge is -2.21. The number of carbonyl (C=O) groups excluding carboxylic acids is 2. The molecule has 2 amide bonds. The summed E-state index contributed by atoms with van der Waals surface area (Å²) < 4.78 is 16.4. The lowest BCUT2D eigenvalue weighted by Crippen LogP contribution is -2.25. The number of fused-ring (bicyclic) bond motifs is 1. The number of nitrogens with zero attached hydrogens (tertiary/aromatic N) is 4. The summed E-state index contributed by atoms with van der Waals surface area (Å²) in [5.41, 5.74) is 1.37. The minimum absolute atomic E-state index is 0.0348. The van der Waals surface area contributed by atoms with Crippen molar-refractivity contribution in [3.63, 3.8) is 0 Å². The Morgan fingerprint density at radius 2 is 1.97 bits per heavy atom. The van der Waals surface area contributed by atoms with E-state index in [4.69, 9.17) is 11.6 Å². The Labute approximate surface area is 182 Å². The van der Waals surface area contributed by atoms with Crippen LogP contribution in [0.4, 0.5) is 21.6 Å². The Bertz CT molecular complexity index is 1290. The van der Waals surface area contributed by atoms with Crippen molar-refractivity contribution in [3.05, 3.63) is 83.5 Å². The van der Waals surface area contributed by atoms with E-state index >= 15 is 4.39 Å². The van der Waals surface area contributed by atoms with Gasteiger partial charge in [-0.3, -0.25) is 14.5 Å². The maximum absolute atomic E-state index is 15.0. The van der Waals surface area contributed by atoms with Crippen molar-refractivity contribution in [1.82, 2.24) is 14.6 Å². The topological polar surface area (TPSA) is 79.6 Å². The third-order valence-electron chi connectivity index (χ3n) is 4.62. The Kier molecular flexibility index (Phi) is 5.64. The largest absolute Gasteiger partial charge is 0.326 e. The smallest absolute Gasteiger partial charge is 0.229 e. The number of nitrogens with one attached hydrogen (secondary N) is 1. The highest BCUT2D eigenvalue weighted by Crippen LogP contribution is 2.30. The SMILES string of the molecule is CC(=O)N(c1cc(NC(=O)Cc2ccccc2Cl)ccn1)c1ccn2nccc2c1F. The average Bonchev–Trinajstić information content (AvgIpc) is 3.21. The molecule has 4 aromatic rings. The monoisotopic (exact) mass is 437 g/mol. The van der Waals surface area contributed by atoms with Gasteiger partial charge in [0, 0.05) is 36.1 Å². The minimum atomic E-state index is -0.606. The van der Waals surface area contributed by atoms with Gasteiger partial charge in [0.1, 0.15) is 11.3 Å². The van der Waals surface area contributed by atoms with E-state index in [-0.39, 0.29) is 29.3 Å². The van der Waals surface area contributed by atoms with Gasteiger partial charge in [-0.15, -0.1) is 0 Å². The van der Waals surface area contributed by atoms with Crippen LogP contribution in [-0.2, 0) is 16.0 Å². The van der Waals surface area contributed by atoms with E-state index in [1.54, 1.807) is 36.5 Å². The number of benzene rings is 1. The molecule has 7 nitrogen and oxygen atoms in total. The first-order valence-electron chi connectivity index (χ1n) is 9.36. The van der Waals surface area contributed by atoms with Gasteiger partial charge in [0.2, 0.25) is 11.8 Å². The van der Waals surface area contributed by atoms with Gasteiger partial charge in [0.25, 0.3) is 0 Å². The molecule has 0 aliphatic carbocycles. The molecule has 3 aromatic heterocycles. The summed E-state index contributed by atoms with van der Waals surface area (Å²) in [5, 5.41) is 7.25. The van der Waals surface area contributed by atoms with Gasteiger partial charge >= 0.3 is 0 Å². The summed E-state index contributed by atoms with van der Waals surface area (Å²) in [5.74, 6) is -1.16. The second-order valence-corrected chi connectivity index (χ2v) is 7.16. The van der Waals surface area contributed by atoms with E-state index < -0.39 is 11.7 Å². The fraction of sp³-hybridized carbons (Fsp3) is 0.0909. The van der Waals surface area contributed by atoms with Gasteiger partial charge in [-0.25, -0.2) is 13.9 Å². The third kappa shape index (κ3) is 4.24. The Morgan fingerprint density at radius 1 is 1.16 bits per heavy atom. The molecular weight excluding hydrogens is 421 g/mol. The molecule has 0 aliphatic heterocycles. The molecule has 0 unspecified atom stereocenters. The van der Waals surface area contributed by atoms with Gasteiger partial charge in [-0.2, -0.15) is 5.10 Å². The van der Waals surface area contributed by atoms with Crippen molar-refractivity contribution in [1.29, 1.82) is 0 Å². The number of anilines is 3. The molecule has 1 aromatic carbocycles. The fourth-order valence-electron chi connectivity index (χ4n) is 3.22. The van der Waals surface area contributed by atoms with E-state index in [0.717, 1.165) is 4.90 Å². The highest BCUT2D eigenvalue weighted by atomic mass is 35.5. The van der Waals surface area contributed by atoms with Crippen molar-refractivity contribution in [2.45, 2.75) is 13.3 Å². The summed E-state index contributed by atoms with van der Waals surface area (Å²) in [6.07, 6.45) is 4.54. The first-order chi connectivity index (χ1) is 14.9. The second kappa shape index (κ2) is 8.53. The molecule has 0 bridgehead atoms. The van der Waals surface area contributed by atoms with Crippen LogP contribution >= 0.6 is 11.6 Å². The van der Waals surface area contributed by atoms with Crippen LogP contribution in [0.25, 0.3) is 5.52 Å². The molecule has 31 heavy (non-hydrogen) atoms. The Morgan fingerprint density at radius 3 is 2.74 bits per heavy atom. The predicted molar refractivity (Wildman–Crippen MR) is 116 cm³/mol. The molecule has 156 valence electrons. The van der Waals surface area contributed by atoms with Gasteiger partial charge in [-0.1, -0.05) is 29.8 Å². The zero-order valence-corrected chi connectivity index (χ0v) is 17.2. The number of halogens is 2. The molecule has 1 N–H and O–H groups in total. The molecule has 0 aliphatic rings. The van der Waals surface area contributed by atoms with Crippen molar-refractivity contribution in [3.8, 4) is 0 Å². The number of amides is 2. The molecule has 9 heteroatoms. The standard InChI is InChI=1S/C22H17ClFN5O2/c1-14(30)29(19-8-11-28-18(22(19)24)7-10-26-28)20-13-16(6-9-25-20)27-21(31)12-15-4-2-3-5-17(15)23/h2-11,13H,12H2,1H3,(H,25,27,31). The maximum atomic E-state index is 15.0.